The third-order valence-corrected chi connectivity index (χ3v) is 1.52. The first-order valence-electron chi connectivity index (χ1n) is 2.77. The molecular weight excluding hydrogens is 169 g/mol. The molecule has 1 aromatic rings. The van der Waals surface area contributed by atoms with Crippen LogP contribution < -0.4 is 0 Å². The molecule has 4 heteroatoms. The van der Waals surface area contributed by atoms with Crippen LogP contribution in [0.4, 0.5) is 0 Å². The van der Waals surface area contributed by atoms with Crippen LogP contribution in [-0.4, -0.2) is 34.7 Å². The molecule has 1 rings (SSSR count). The quantitative estimate of drug-likeness (QED) is 0.507. The van der Waals surface area contributed by atoms with Crippen LogP contribution in [0.25, 0.3) is 0 Å². The van der Waals surface area contributed by atoms with Crippen LogP contribution in [0.15, 0.2) is 30.3 Å². The van der Waals surface area contributed by atoms with Gasteiger partial charge in [-0.2, -0.15) is 0 Å². The molecule has 0 atom stereocenters. The van der Waals surface area contributed by atoms with Crippen molar-refractivity contribution in [1.82, 2.24) is 0 Å². The maximum Gasteiger partial charge on any atom is 0.464 e. The molecule has 0 amide bonds. The van der Waals surface area contributed by atoms with Gasteiger partial charge < -0.3 is 0 Å². The molecule has 1 N–H and O–H groups in total. The number of carbonyl (C=O) groups excluding carboxylic acids is 1. The SMILES string of the molecule is N=[S+]C(=O)c1ccccc1.[Na]. The van der Waals surface area contributed by atoms with E-state index < -0.39 is 0 Å². The summed E-state index contributed by atoms with van der Waals surface area (Å²) in [5.74, 6) is 0. The number of carbonyl (C=O) groups is 1. The van der Waals surface area contributed by atoms with Crippen molar-refractivity contribution in [2.24, 2.45) is 0 Å². The molecule has 0 fully saturated rings. The topological polar surface area (TPSA) is 40.9 Å². The summed E-state index contributed by atoms with van der Waals surface area (Å²) < 4.78 is 6.71. The minimum absolute atomic E-state index is 0. The monoisotopic (exact) mass is 175 g/mol. The Labute approximate surface area is 91.2 Å². The Kier molecular flexibility index (Phi) is 5.50. The molecule has 0 saturated heterocycles. The molecule has 1 aromatic carbocycles. The zero-order chi connectivity index (χ0) is 7.40. The van der Waals surface area contributed by atoms with Crippen molar-refractivity contribution in [3.8, 4) is 0 Å². The van der Waals surface area contributed by atoms with Crippen molar-refractivity contribution in [3.63, 3.8) is 0 Å². The van der Waals surface area contributed by atoms with Gasteiger partial charge >= 0.3 is 16.7 Å². The van der Waals surface area contributed by atoms with Gasteiger partial charge in [0.15, 0.2) is 0 Å². The maximum atomic E-state index is 10.8. The molecule has 11 heavy (non-hydrogen) atoms. The van der Waals surface area contributed by atoms with E-state index in [4.69, 9.17) is 4.78 Å². The van der Waals surface area contributed by atoms with Gasteiger partial charge in [0.05, 0.1) is 5.56 Å². The molecule has 0 aromatic heterocycles. The van der Waals surface area contributed by atoms with E-state index in [1.165, 1.54) is 0 Å². The van der Waals surface area contributed by atoms with Crippen molar-refractivity contribution in [3.05, 3.63) is 35.9 Å². The molecule has 2 nitrogen and oxygen atoms in total. The fraction of sp³-hybridized carbons (Fsp3) is 0. The summed E-state index contributed by atoms with van der Waals surface area (Å²) in [6.45, 7) is 0. The number of hydrogen-bond donors (Lipinski definition) is 1. The Morgan fingerprint density at radius 3 is 2.27 bits per heavy atom. The Bertz CT molecular complexity index is 250. The van der Waals surface area contributed by atoms with Gasteiger partial charge in [0, 0.05) is 29.6 Å². The van der Waals surface area contributed by atoms with Gasteiger partial charge in [-0.05, 0) is 16.9 Å². The fourth-order valence-corrected chi connectivity index (χ4v) is 0.887. The first kappa shape index (κ1) is 10.9. The van der Waals surface area contributed by atoms with Gasteiger partial charge in [0.25, 0.3) is 0 Å². The van der Waals surface area contributed by atoms with E-state index in [2.05, 4.69) is 0 Å². The normalized spacial score (nSPS) is 8.00. The van der Waals surface area contributed by atoms with Crippen molar-refractivity contribution in [1.29, 1.82) is 4.78 Å². The van der Waals surface area contributed by atoms with Crippen LogP contribution in [0.1, 0.15) is 10.4 Å². The Balaban J connectivity index is 0.000001000. The van der Waals surface area contributed by atoms with E-state index in [0.717, 1.165) is 0 Å². The third kappa shape index (κ3) is 3.20. The average Bonchev–Trinajstić information content (AvgIpc) is 2.05. The first-order chi connectivity index (χ1) is 4.84. The van der Waals surface area contributed by atoms with E-state index in [1.807, 2.05) is 6.07 Å². The van der Waals surface area contributed by atoms with Crippen molar-refractivity contribution in [2.45, 2.75) is 0 Å². The van der Waals surface area contributed by atoms with E-state index in [1.54, 1.807) is 24.3 Å². The second-order valence-corrected chi connectivity index (χ2v) is 2.33. The molecule has 1 radical (unpaired) electrons. The van der Waals surface area contributed by atoms with E-state index in [0.29, 0.717) is 17.1 Å². The van der Waals surface area contributed by atoms with Crippen molar-refractivity contribution >= 4 is 46.2 Å². The molecule has 51 valence electrons. The molecule has 0 spiro atoms. The van der Waals surface area contributed by atoms with Crippen LogP contribution in [0.3, 0.4) is 0 Å². The minimum Gasteiger partial charge on any atom is -0.217 e. The van der Waals surface area contributed by atoms with Crippen LogP contribution >= 0.6 is 0 Å². The molecule has 0 bridgehead atoms. The second kappa shape index (κ2) is 5.55. The van der Waals surface area contributed by atoms with Gasteiger partial charge in [-0.1, -0.05) is 18.2 Å². The van der Waals surface area contributed by atoms with Gasteiger partial charge in [-0.3, -0.25) is 0 Å². The van der Waals surface area contributed by atoms with E-state index in [9.17, 15) is 4.79 Å². The second-order valence-electron chi connectivity index (χ2n) is 1.76. The van der Waals surface area contributed by atoms with Gasteiger partial charge in [0.2, 0.25) is 0 Å². The molecule has 0 aliphatic rings. The summed E-state index contributed by atoms with van der Waals surface area (Å²) in [7, 11) is 0. The summed E-state index contributed by atoms with van der Waals surface area (Å²) in [6.07, 6.45) is 0. The predicted molar refractivity (Wildman–Crippen MR) is 46.6 cm³/mol. The number of rotatable bonds is 1. The summed E-state index contributed by atoms with van der Waals surface area (Å²) in [6, 6.07) is 8.80. The zero-order valence-corrected chi connectivity index (χ0v) is 9.02. The smallest absolute Gasteiger partial charge is 0.217 e. The molecule has 0 aliphatic carbocycles. The largest absolute Gasteiger partial charge is 0.464 e. The van der Waals surface area contributed by atoms with Crippen LogP contribution in [0.5, 0.6) is 0 Å². The Morgan fingerprint density at radius 1 is 1.27 bits per heavy atom. The van der Waals surface area contributed by atoms with Crippen LogP contribution in [0, 0.1) is 4.78 Å². The van der Waals surface area contributed by atoms with Crippen LogP contribution in [-0.2, 0) is 11.6 Å². The van der Waals surface area contributed by atoms with Crippen LogP contribution in [0.2, 0.25) is 0 Å². The van der Waals surface area contributed by atoms with Crippen molar-refractivity contribution < 1.29 is 4.79 Å². The predicted octanol–water partition coefficient (Wildman–Crippen LogP) is 1.29. The minimum atomic E-state index is -0.208. The maximum absolute atomic E-state index is 10.8. The molecule has 0 heterocycles. The summed E-state index contributed by atoms with van der Waals surface area (Å²) in [5.41, 5.74) is 0.586. The molecule has 0 saturated carbocycles. The van der Waals surface area contributed by atoms with Gasteiger partial charge in [-0.15, -0.1) is 0 Å². The Hall–Kier alpha value is -0.0900. The fourth-order valence-electron chi connectivity index (χ4n) is 0.633. The third-order valence-electron chi connectivity index (χ3n) is 1.10. The first-order valence-corrected chi connectivity index (χ1v) is 3.59. The zero-order valence-electron chi connectivity index (χ0n) is 6.20. The summed E-state index contributed by atoms with van der Waals surface area (Å²) in [4.78, 5) is 10.8. The number of nitrogens with one attached hydrogen (secondary N) is 1. The molecule has 0 unspecified atom stereocenters. The number of benzene rings is 1. The van der Waals surface area contributed by atoms with Crippen molar-refractivity contribution in [2.75, 3.05) is 0 Å². The van der Waals surface area contributed by atoms with Gasteiger partial charge in [-0.25, -0.2) is 4.79 Å². The summed E-state index contributed by atoms with van der Waals surface area (Å²) >= 11 is 0.489. The standard InChI is InChI=1S/C7H6NOS.Na/c8-10-7(9)6-4-2-1-3-5-6;/h1-5,8H;/q+1;. The van der Waals surface area contributed by atoms with E-state index >= 15 is 0 Å². The van der Waals surface area contributed by atoms with E-state index in [-0.39, 0.29) is 34.7 Å². The van der Waals surface area contributed by atoms with Gasteiger partial charge in [0.1, 0.15) is 0 Å². The molecular formula is C7H6NNaOS+. The summed E-state index contributed by atoms with van der Waals surface area (Å²) in [5, 5.41) is -0.208. The Morgan fingerprint density at radius 2 is 1.82 bits per heavy atom. The molecule has 0 aliphatic heterocycles. The average molecular weight is 175 g/mol. The number of hydrogen-bond acceptors (Lipinski definition) is 2.